The average Bonchev–Trinajstić information content (AvgIpc) is 1.89. The Labute approximate surface area is 48.9 Å². The number of hydrogen-bond donors (Lipinski definition) is 2. The van der Waals surface area contributed by atoms with E-state index in [4.69, 9.17) is 0 Å². The van der Waals surface area contributed by atoms with Crippen LogP contribution in [0, 0.1) is 11.8 Å². The molecule has 0 spiro atoms. The van der Waals surface area contributed by atoms with E-state index in [0.29, 0.717) is 11.8 Å². The second kappa shape index (κ2) is 1.45. The van der Waals surface area contributed by atoms with Crippen molar-refractivity contribution in [1.82, 2.24) is 5.32 Å². The fourth-order valence-corrected chi connectivity index (χ4v) is 1.72. The van der Waals surface area contributed by atoms with Gasteiger partial charge in [-0.25, -0.2) is 0 Å². The highest BCUT2D eigenvalue weighted by molar-refractivity contribution is 4.95. The standard InChI is InChI=1S/C6H11NO/c8-6-4-1-5(6)3-7-2-4/h4-8H,1-3H2/t4-,5+,6+. The largest absolute Gasteiger partial charge is 0.392 e. The third-order valence-electron chi connectivity index (χ3n) is 2.38. The van der Waals surface area contributed by atoms with E-state index in [1.807, 2.05) is 0 Å². The molecule has 0 aromatic rings. The van der Waals surface area contributed by atoms with Crippen LogP contribution in [0.4, 0.5) is 0 Å². The Morgan fingerprint density at radius 2 is 1.88 bits per heavy atom. The van der Waals surface area contributed by atoms with Gasteiger partial charge in [-0.05, 0) is 18.3 Å². The molecule has 2 heterocycles. The molecule has 0 aromatic carbocycles. The molecule has 0 aromatic heterocycles. The van der Waals surface area contributed by atoms with E-state index < -0.39 is 0 Å². The lowest BCUT2D eigenvalue weighted by Crippen LogP contribution is -2.56. The van der Waals surface area contributed by atoms with Crippen molar-refractivity contribution in [2.45, 2.75) is 12.5 Å². The van der Waals surface area contributed by atoms with E-state index in [1.54, 1.807) is 0 Å². The highest BCUT2D eigenvalue weighted by Crippen LogP contribution is 2.35. The van der Waals surface area contributed by atoms with Gasteiger partial charge in [-0.2, -0.15) is 0 Å². The Morgan fingerprint density at radius 1 is 1.25 bits per heavy atom. The summed E-state index contributed by atoms with van der Waals surface area (Å²) in [5, 5.41) is 12.4. The zero-order valence-electron chi connectivity index (χ0n) is 4.80. The van der Waals surface area contributed by atoms with Gasteiger partial charge >= 0.3 is 0 Å². The summed E-state index contributed by atoms with van der Waals surface area (Å²) in [5.41, 5.74) is 0. The molecule has 8 heavy (non-hydrogen) atoms. The zero-order valence-corrected chi connectivity index (χ0v) is 4.80. The zero-order chi connectivity index (χ0) is 5.56. The molecule has 0 radical (unpaired) electrons. The van der Waals surface area contributed by atoms with Gasteiger partial charge in [0.05, 0.1) is 6.10 Å². The van der Waals surface area contributed by atoms with Crippen molar-refractivity contribution < 1.29 is 5.11 Å². The normalized spacial score (nSPS) is 52.9. The van der Waals surface area contributed by atoms with Gasteiger partial charge in [0.15, 0.2) is 0 Å². The van der Waals surface area contributed by atoms with E-state index in [9.17, 15) is 5.11 Å². The molecule has 0 amide bonds. The first-order valence-electron chi connectivity index (χ1n) is 3.26. The third-order valence-corrected chi connectivity index (χ3v) is 2.38. The van der Waals surface area contributed by atoms with Crippen LogP contribution in [0.2, 0.25) is 0 Å². The minimum atomic E-state index is 0.0382. The van der Waals surface area contributed by atoms with Crippen molar-refractivity contribution in [1.29, 1.82) is 0 Å². The minimum absolute atomic E-state index is 0.0382. The second-order valence-electron chi connectivity index (χ2n) is 2.90. The van der Waals surface area contributed by atoms with Crippen LogP contribution in [0.5, 0.6) is 0 Å². The second-order valence-corrected chi connectivity index (χ2v) is 2.90. The van der Waals surface area contributed by atoms with Crippen LogP contribution in [0.1, 0.15) is 6.42 Å². The summed E-state index contributed by atoms with van der Waals surface area (Å²) < 4.78 is 0. The highest BCUT2D eigenvalue weighted by atomic mass is 16.3. The number of aliphatic hydroxyl groups excluding tert-OH is 1. The van der Waals surface area contributed by atoms with Gasteiger partial charge in [0, 0.05) is 13.1 Å². The Balaban J connectivity index is 2.03. The van der Waals surface area contributed by atoms with Crippen LogP contribution in [0.25, 0.3) is 0 Å². The number of piperidine rings is 2. The van der Waals surface area contributed by atoms with E-state index in [1.165, 1.54) is 6.42 Å². The Hall–Kier alpha value is -0.0800. The predicted octanol–water partition coefficient (Wildman–Crippen LogP) is -0.413. The predicted molar refractivity (Wildman–Crippen MR) is 30.5 cm³/mol. The van der Waals surface area contributed by atoms with E-state index in [0.717, 1.165) is 13.1 Å². The van der Waals surface area contributed by atoms with E-state index in [2.05, 4.69) is 5.32 Å². The summed E-state index contributed by atoms with van der Waals surface area (Å²) in [6, 6.07) is 0. The maximum absolute atomic E-state index is 9.19. The summed E-state index contributed by atoms with van der Waals surface area (Å²) >= 11 is 0. The van der Waals surface area contributed by atoms with Gasteiger partial charge in [-0.3, -0.25) is 0 Å². The third kappa shape index (κ3) is 0.446. The first kappa shape index (κ1) is 4.77. The number of nitrogens with one attached hydrogen (secondary N) is 1. The number of rotatable bonds is 0. The molecule has 46 valence electrons. The Bertz CT molecular complexity index is 90.7. The van der Waals surface area contributed by atoms with Crippen molar-refractivity contribution in [2.24, 2.45) is 11.8 Å². The summed E-state index contributed by atoms with van der Waals surface area (Å²) in [7, 11) is 0. The molecule has 2 nitrogen and oxygen atoms in total. The lowest BCUT2D eigenvalue weighted by Gasteiger charge is -2.46. The van der Waals surface area contributed by atoms with Crippen LogP contribution >= 0.6 is 0 Å². The molecule has 2 N–H and O–H groups in total. The molecule has 1 aliphatic carbocycles. The molecular formula is C6H11NO. The van der Waals surface area contributed by atoms with E-state index >= 15 is 0 Å². The van der Waals surface area contributed by atoms with Gasteiger partial charge < -0.3 is 10.4 Å². The molecule has 1 saturated carbocycles. The Morgan fingerprint density at radius 3 is 2.12 bits per heavy atom. The maximum Gasteiger partial charge on any atom is 0.0621 e. The molecule has 3 aliphatic rings. The number of hydrogen-bond acceptors (Lipinski definition) is 2. The Kier molecular flexibility index (Phi) is 0.866. The smallest absolute Gasteiger partial charge is 0.0621 e. The first-order chi connectivity index (χ1) is 3.88. The molecule has 2 bridgehead atoms. The summed E-state index contributed by atoms with van der Waals surface area (Å²) in [6.07, 6.45) is 1.30. The van der Waals surface area contributed by atoms with Crippen LogP contribution in [-0.4, -0.2) is 24.3 Å². The topological polar surface area (TPSA) is 32.3 Å². The lowest BCUT2D eigenvalue weighted by atomic mass is 9.69. The fraction of sp³-hybridized carbons (Fsp3) is 1.00. The maximum atomic E-state index is 9.19. The molecule has 2 heteroatoms. The van der Waals surface area contributed by atoms with Gasteiger partial charge in [-0.1, -0.05) is 0 Å². The van der Waals surface area contributed by atoms with Gasteiger partial charge in [0.2, 0.25) is 0 Å². The summed E-state index contributed by atoms with van der Waals surface area (Å²) in [5.74, 6) is 1.18. The van der Waals surface area contributed by atoms with Crippen molar-refractivity contribution in [3.05, 3.63) is 0 Å². The summed E-state index contributed by atoms with van der Waals surface area (Å²) in [4.78, 5) is 0. The number of fused-ring (bicyclic) bond motifs is 2. The fourth-order valence-electron chi connectivity index (χ4n) is 1.72. The van der Waals surface area contributed by atoms with Crippen LogP contribution in [0.15, 0.2) is 0 Å². The first-order valence-corrected chi connectivity index (χ1v) is 3.26. The van der Waals surface area contributed by atoms with Crippen LogP contribution < -0.4 is 5.32 Å². The van der Waals surface area contributed by atoms with Crippen molar-refractivity contribution in [3.8, 4) is 0 Å². The van der Waals surface area contributed by atoms with Crippen LogP contribution in [-0.2, 0) is 0 Å². The monoisotopic (exact) mass is 113 g/mol. The summed E-state index contributed by atoms with van der Waals surface area (Å²) in [6.45, 7) is 2.08. The molecule has 2 saturated heterocycles. The lowest BCUT2D eigenvalue weighted by molar-refractivity contribution is -0.0630. The molecular weight excluding hydrogens is 102 g/mol. The van der Waals surface area contributed by atoms with Gasteiger partial charge in [-0.15, -0.1) is 0 Å². The molecule has 2 aliphatic heterocycles. The SMILES string of the molecule is O[C@@H]1[C@@H]2CNC[C@H]1C2. The molecule has 3 atom stereocenters. The van der Waals surface area contributed by atoms with Gasteiger partial charge in [0.25, 0.3) is 0 Å². The number of aliphatic hydroxyl groups is 1. The minimum Gasteiger partial charge on any atom is -0.392 e. The molecule has 3 fully saturated rings. The van der Waals surface area contributed by atoms with Crippen molar-refractivity contribution >= 4 is 0 Å². The van der Waals surface area contributed by atoms with Crippen LogP contribution in [0.3, 0.4) is 0 Å². The molecule has 0 unspecified atom stereocenters. The van der Waals surface area contributed by atoms with Crippen molar-refractivity contribution in [3.63, 3.8) is 0 Å². The molecule has 3 rings (SSSR count). The highest BCUT2D eigenvalue weighted by Gasteiger charge is 2.42. The van der Waals surface area contributed by atoms with Gasteiger partial charge in [0.1, 0.15) is 0 Å². The van der Waals surface area contributed by atoms with Crippen molar-refractivity contribution in [2.75, 3.05) is 13.1 Å². The average molecular weight is 113 g/mol. The van der Waals surface area contributed by atoms with E-state index in [-0.39, 0.29) is 6.10 Å². The quantitative estimate of drug-likeness (QED) is 0.447.